The molecular formula is C17H19NO3. The molecule has 2 N–H and O–H groups in total. The van der Waals surface area contributed by atoms with Gasteiger partial charge in [-0.3, -0.25) is 4.79 Å². The third kappa shape index (κ3) is 3.75. The lowest BCUT2D eigenvalue weighted by atomic mass is 10.1. The maximum Gasteiger partial charge on any atom is 0.309 e. The minimum absolute atomic E-state index is 0.235. The summed E-state index contributed by atoms with van der Waals surface area (Å²) in [6, 6.07) is 13.3. The van der Waals surface area contributed by atoms with Gasteiger partial charge >= 0.3 is 5.97 Å². The summed E-state index contributed by atoms with van der Waals surface area (Å²) < 4.78 is 10.5. The van der Waals surface area contributed by atoms with Crippen molar-refractivity contribution in [2.45, 2.75) is 20.0 Å². The van der Waals surface area contributed by atoms with Crippen LogP contribution in [0.4, 0.5) is 5.69 Å². The van der Waals surface area contributed by atoms with Crippen molar-refractivity contribution in [2.75, 3.05) is 12.8 Å². The van der Waals surface area contributed by atoms with Gasteiger partial charge in [0.15, 0.2) is 0 Å². The maximum absolute atomic E-state index is 11.4. The quantitative estimate of drug-likeness (QED) is 0.678. The van der Waals surface area contributed by atoms with E-state index in [1.807, 2.05) is 49.4 Å². The van der Waals surface area contributed by atoms with Crippen molar-refractivity contribution in [2.24, 2.45) is 0 Å². The molecule has 0 amide bonds. The Labute approximate surface area is 124 Å². The molecule has 0 saturated heterocycles. The molecule has 0 spiro atoms. The second-order valence-corrected chi connectivity index (χ2v) is 4.80. The average Bonchev–Trinajstić information content (AvgIpc) is 2.48. The zero-order valence-electron chi connectivity index (χ0n) is 12.3. The Morgan fingerprint density at radius 1 is 1.10 bits per heavy atom. The number of benzene rings is 2. The molecule has 0 aliphatic heterocycles. The first-order valence-corrected chi connectivity index (χ1v) is 6.73. The van der Waals surface area contributed by atoms with Crippen molar-refractivity contribution in [1.29, 1.82) is 0 Å². The number of carbonyl (C=O) groups is 1. The molecule has 0 aromatic heterocycles. The molecule has 4 nitrogen and oxygen atoms in total. The predicted molar refractivity (Wildman–Crippen MR) is 82.1 cm³/mol. The van der Waals surface area contributed by atoms with Gasteiger partial charge < -0.3 is 15.2 Å². The number of hydrogen-bond donors (Lipinski definition) is 1. The van der Waals surface area contributed by atoms with E-state index < -0.39 is 0 Å². The lowest BCUT2D eigenvalue weighted by Crippen LogP contribution is -2.09. The molecule has 0 atom stereocenters. The van der Waals surface area contributed by atoms with Crippen LogP contribution < -0.4 is 10.5 Å². The van der Waals surface area contributed by atoms with E-state index in [2.05, 4.69) is 0 Å². The first-order valence-electron chi connectivity index (χ1n) is 6.73. The largest absolute Gasteiger partial charge is 0.486 e. The summed E-state index contributed by atoms with van der Waals surface area (Å²) in [5.74, 6) is 0.420. The third-order valence-electron chi connectivity index (χ3n) is 3.30. The number of methoxy groups -OCH3 is 1. The molecule has 0 heterocycles. The van der Waals surface area contributed by atoms with Gasteiger partial charge in [-0.15, -0.1) is 0 Å². The van der Waals surface area contributed by atoms with Crippen LogP contribution in [-0.2, 0) is 22.6 Å². The monoisotopic (exact) mass is 285 g/mol. The Hall–Kier alpha value is -2.49. The lowest BCUT2D eigenvalue weighted by Gasteiger charge is -2.13. The number of rotatable bonds is 5. The van der Waals surface area contributed by atoms with Crippen LogP contribution in [0.15, 0.2) is 42.5 Å². The zero-order chi connectivity index (χ0) is 15.2. The van der Waals surface area contributed by atoms with Crippen molar-refractivity contribution in [3.8, 4) is 5.75 Å². The van der Waals surface area contributed by atoms with Crippen LogP contribution in [0.5, 0.6) is 5.75 Å². The molecule has 110 valence electrons. The molecule has 0 unspecified atom stereocenters. The summed E-state index contributed by atoms with van der Waals surface area (Å²) in [5, 5.41) is 0. The fraction of sp³-hybridized carbons (Fsp3) is 0.235. The number of hydrogen-bond acceptors (Lipinski definition) is 4. The second-order valence-electron chi connectivity index (χ2n) is 4.80. The van der Waals surface area contributed by atoms with Crippen LogP contribution in [0.3, 0.4) is 0 Å². The van der Waals surface area contributed by atoms with Gasteiger partial charge in [-0.25, -0.2) is 0 Å². The molecular weight excluding hydrogens is 266 g/mol. The standard InChI is InChI=1S/C17H19NO3/c1-12-6-5-9-15(18)17(12)21-11-14-8-4-3-7-13(14)10-16(19)20-2/h3-9H,10-11,18H2,1-2H3. The number of carbonyl (C=O) groups excluding carboxylic acids is 1. The normalized spacial score (nSPS) is 10.2. The van der Waals surface area contributed by atoms with E-state index in [1.54, 1.807) is 0 Å². The summed E-state index contributed by atoms with van der Waals surface area (Å²) in [6.45, 7) is 2.31. The Kier molecular flexibility index (Phi) is 4.82. The van der Waals surface area contributed by atoms with Gasteiger partial charge in [0.25, 0.3) is 0 Å². The minimum atomic E-state index is -0.266. The van der Waals surface area contributed by atoms with E-state index in [9.17, 15) is 4.79 Å². The molecule has 2 rings (SSSR count). The third-order valence-corrected chi connectivity index (χ3v) is 3.30. The Morgan fingerprint density at radius 2 is 1.81 bits per heavy atom. The molecule has 4 heteroatoms. The van der Waals surface area contributed by atoms with Gasteiger partial charge in [-0.2, -0.15) is 0 Å². The highest BCUT2D eigenvalue weighted by Gasteiger charge is 2.10. The summed E-state index contributed by atoms with van der Waals surface area (Å²) in [7, 11) is 1.38. The number of anilines is 1. The molecule has 0 fully saturated rings. The lowest BCUT2D eigenvalue weighted by molar-refractivity contribution is -0.139. The highest BCUT2D eigenvalue weighted by molar-refractivity contribution is 5.72. The van der Waals surface area contributed by atoms with E-state index in [4.69, 9.17) is 15.2 Å². The van der Waals surface area contributed by atoms with Crippen molar-refractivity contribution in [3.63, 3.8) is 0 Å². The molecule has 2 aromatic rings. The summed E-state index contributed by atoms with van der Waals surface area (Å²) in [5.41, 5.74) is 9.37. The Bertz CT molecular complexity index is 617. The van der Waals surface area contributed by atoms with E-state index in [0.29, 0.717) is 18.0 Å². The van der Waals surface area contributed by atoms with E-state index in [-0.39, 0.29) is 12.4 Å². The summed E-state index contributed by atoms with van der Waals surface area (Å²) >= 11 is 0. The summed E-state index contributed by atoms with van der Waals surface area (Å²) in [4.78, 5) is 11.4. The smallest absolute Gasteiger partial charge is 0.309 e. The van der Waals surface area contributed by atoms with Crippen molar-refractivity contribution < 1.29 is 14.3 Å². The van der Waals surface area contributed by atoms with E-state index >= 15 is 0 Å². The first kappa shape index (κ1) is 14.9. The average molecular weight is 285 g/mol. The van der Waals surface area contributed by atoms with E-state index in [0.717, 1.165) is 16.7 Å². The first-order chi connectivity index (χ1) is 10.1. The second kappa shape index (κ2) is 6.79. The molecule has 0 bridgehead atoms. The van der Waals surface area contributed by atoms with Gasteiger partial charge in [0.1, 0.15) is 12.4 Å². The van der Waals surface area contributed by atoms with Gasteiger partial charge in [0, 0.05) is 0 Å². The fourth-order valence-corrected chi connectivity index (χ4v) is 2.12. The van der Waals surface area contributed by atoms with Crippen LogP contribution in [0.2, 0.25) is 0 Å². The van der Waals surface area contributed by atoms with Crippen molar-refractivity contribution in [3.05, 3.63) is 59.2 Å². The fourth-order valence-electron chi connectivity index (χ4n) is 2.12. The van der Waals surface area contributed by atoms with Crippen LogP contribution in [0, 0.1) is 6.92 Å². The summed E-state index contributed by atoms with van der Waals surface area (Å²) in [6.07, 6.45) is 0.235. The predicted octanol–water partition coefficient (Wildman–Crippen LogP) is 2.87. The number of ether oxygens (including phenoxy) is 2. The van der Waals surface area contributed by atoms with E-state index in [1.165, 1.54) is 7.11 Å². The van der Waals surface area contributed by atoms with Gasteiger partial charge in [0.05, 0.1) is 19.2 Å². The van der Waals surface area contributed by atoms with Gasteiger partial charge in [-0.05, 0) is 29.7 Å². The number of aryl methyl sites for hydroxylation is 1. The number of nitrogen functional groups attached to an aromatic ring is 1. The SMILES string of the molecule is COC(=O)Cc1ccccc1COc1c(C)cccc1N. The molecule has 0 saturated carbocycles. The highest BCUT2D eigenvalue weighted by Crippen LogP contribution is 2.26. The van der Waals surface area contributed by atoms with Crippen LogP contribution in [-0.4, -0.2) is 13.1 Å². The topological polar surface area (TPSA) is 61.5 Å². The molecule has 0 aliphatic rings. The van der Waals surface area contributed by atoms with Crippen molar-refractivity contribution >= 4 is 11.7 Å². The Balaban J connectivity index is 2.15. The van der Waals surface area contributed by atoms with Crippen molar-refractivity contribution in [1.82, 2.24) is 0 Å². The minimum Gasteiger partial charge on any atom is -0.486 e. The van der Waals surface area contributed by atoms with Crippen LogP contribution in [0.25, 0.3) is 0 Å². The molecule has 0 radical (unpaired) electrons. The Morgan fingerprint density at radius 3 is 2.48 bits per heavy atom. The van der Waals surface area contributed by atoms with Crippen LogP contribution in [0.1, 0.15) is 16.7 Å². The van der Waals surface area contributed by atoms with Gasteiger partial charge in [0.2, 0.25) is 0 Å². The highest BCUT2D eigenvalue weighted by atomic mass is 16.5. The number of esters is 1. The molecule has 0 aliphatic carbocycles. The number of nitrogens with two attached hydrogens (primary N) is 1. The molecule has 21 heavy (non-hydrogen) atoms. The molecule has 2 aromatic carbocycles. The van der Waals surface area contributed by atoms with Gasteiger partial charge in [-0.1, -0.05) is 36.4 Å². The zero-order valence-corrected chi connectivity index (χ0v) is 12.3. The maximum atomic E-state index is 11.4. The number of para-hydroxylation sites is 1. The van der Waals surface area contributed by atoms with Crippen LogP contribution >= 0.6 is 0 Å².